The summed E-state index contributed by atoms with van der Waals surface area (Å²) in [5, 5.41) is 1.24. The molecule has 4 aliphatic rings. The number of carbonyl (C=O) groups is 1. The Kier molecular flexibility index (Phi) is 5.08. The van der Waals surface area contributed by atoms with Gasteiger partial charge in [-0.15, -0.1) is 0 Å². The van der Waals surface area contributed by atoms with E-state index < -0.39 is 0 Å². The number of hydrogen-bond donors (Lipinski definition) is 0. The summed E-state index contributed by atoms with van der Waals surface area (Å²) in [5.74, 6) is 4.28. The quantitative estimate of drug-likeness (QED) is 0.489. The number of ketones is 1. The molecule has 0 saturated heterocycles. The van der Waals surface area contributed by atoms with Crippen LogP contribution in [0.3, 0.4) is 0 Å². The van der Waals surface area contributed by atoms with Crippen molar-refractivity contribution in [1.82, 2.24) is 4.57 Å². The molecule has 7 atom stereocenters. The van der Waals surface area contributed by atoms with Crippen molar-refractivity contribution in [2.45, 2.75) is 91.0 Å². The van der Waals surface area contributed by atoms with E-state index in [0.717, 1.165) is 30.1 Å². The third-order valence-corrected chi connectivity index (χ3v) is 11.2. The van der Waals surface area contributed by atoms with E-state index in [1.165, 1.54) is 75.1 Å². The summed E-state index contributed by atoms with van der Waals surface area (Å²) in [6.07, 6.45) is 17.3. The highest BCUT2D eigenvalue weighted by Crippen LogP contribution is 2.66. The molecule has 0 radical (unpaired) electrons. The van der Waals surface area contributed by atoms with Crippen LogP contribution in [-0.2, 0) is 11.3 Å². The van der Waals surface area contributed by atoms with Gasteiger partial charge in [-0.05, 0) is 103 Å². The van der Waals surface area contributed by atoms with Crippen molar-refractivity contribution in [3.05, 3.63) is 36.5 Å². The van der Waals surface area contributed by atoms with E-state index in [-0.39, 0.29) is 11.3 Å². The van der Waals surface area contributed by atoms with E-state index in [1.807, 2.05) is 0 Å². The van der Waals surface area contributed by atoms with E-state index in [4.69, 9.17) is 0 Å². The van der Waals surface area contributed by atoms with Gasteiger partial charge in [0, 0.05) is 17.6 Å². The lowest BCUT2D eigenvalue weighted by atomic mass is 9.41. The second-order valence-electron chi connectivity index (χ2n) is 12.4. The fourth-order valence-corrected chi connectivity index (χ4v) is 9.58. The summed E-state index contributed by atoms with van der Waals surface area (Å²) in [7, 11) is 0. The third-order valence-electron chi connectivity index (χ3n) is 11.2. The summed E-state index contributed by atoms with van der Waals surface area (Å²) in [4.78, 5) is 13.8. The van der Waals surface area contributed by atoms with Gasteiger partial charge in [0.1, 0.15) is 0 Å². The molecule has 2 nitrogen and oxygen atoms in total. The normalized spacial score (nSPS) is 41.5. The molecule has 0 unspecified atom stereocenters. The molecule has 6 rings (SSSR count). The number of aromatic nitrogens is 1. The van der Waals surface area contributed by atoms with Gasteiger partial charge >= 0.3 is 0 Å². The van der Waals surface area contributed by atoms with Crippen molar-refractivity contribution in [2.24, 2.45) is 40.4 Å². The first kappa shape index (κ1) is 21.0. The molecular formula is C30H41NO. The summed E-state index contributed by atoms with van der Waals surface area (Å²) >= 11 is 0. The Bertz CT molecular complexity index is 1010. The first-order valence-electron chi connectivity index (χ1n) is 13.6. The standard InChI is InChI=1S/C30H41NO/c1-29-17-6-5-9-22(29)13-14-23-24-10-7-11-26(30(24,2)18-15-25(23)29)28(32)20-31-19-16-21-8-3-4-12-27(21)31/h3-4,8,12,16,19,22-26H,5-7,9-11,13-15,17-18,20H2,1-2H3/t22-,23+,24+,25+,26-,29+,30+/m1/s1. The molecule has 1 aromatic heterocycles. The SMILES string of the molecule is C[C@]12CCCC[C@@H]1CC[C@@H]1[C@@H]2CC[C@]2(C)[C@@H](C(=O)Cn3ccc4ccccc43)CCC[C@@H]12. The Labute approximate surface area is 194 Å². The number of benzene rings is 1. The van der Waals surface area contributed by atoms with Gasteiger partial charge in [-0.3, -0.25) is 4.79 Å². The van der Waals surface area contributed by atoms with Gasteiger partial charge in [0.15, 0.2) is 5.78 Å². The molecule has 0 aliphatic heterocycles. The monoisotopic (exact) mass is 431 g/mol. The topological polar surface area (TPSA) is 22.0 Å². The van der Waals surface area contributed by atoms with Crippen molar-refractivity contribution in [1.29, 1.82) is 0 Å². The molecule has 1 heterocycles. The summed E-state index contributed by atoms with van der Waals surface area (Å²) in [6, 6.07) is 10.6. The molecular weight excluding hydrogens is 390 g/mol. The predicted molar refractivity (Wildman–Crippen MR) is 131 cm³/mol. The van der Waals surface area contributed by atoms with Crippen LogP contribution in [-0.4, -0.2) is 10.4 Å². The molecule has 172 valence electrons. The van der Waals surface area contributed by atoms with Gasteiger partial charge in [-0.25, -0.2) is 0 Å². The van der Waals surface area contributed by atoms with Crippen LogP contribution in [0, 0.1) is 40.4 Å². The lowest BCUT2D eigenvalue weighted by Crippen LogP contribution is -2.56. The molecule has 32 heavy (non-hydrogen) atoms. The van der Waals surface area contributed by atoms with Gasteiger partial charge in [-0.1, -0.05) is 51.3 Å². The summed E-state index contributed by atoms with van der Waals surface area (Å²) in [5.41, 5.74) is 2.01. The van der Waals surface area contributed by atoms with Gasteiger partial charge in [0.25, 0.3) is 0 Å². The molecule has 2 aromatic rings. The zero-order chi connectivity index (χ0) is 21.9. The van der Waals surface area contributed by atoms with Crippen LogP contribution in [0.1, 0.15) is 84.5 Å². The fourth-order valence-electron chi connectivity index (χ4n) is 9.58. The van der Waals surface area contributed by atoms with Crippen LogP contribution in [0.2, 0.25) is 0 Å². The minimum absolute atomic E-state index is 0.220. The Balaban J connectivity index is 1.26. The van der Waals surface area contributed by atoms with Crippen molar-refractivity contribution < 1.29 is 4.79 Å². The van der Waals surface area contributed by atoms with Gasteiger partial charge in [0.05, 0.1) is 6.54 Å². The van der Waals surface area contributed by atoms with Crippen LogP contribution in [0.4, 0.5) is 0 Å². The summed E-state index contributed by atoms with van der Waals surface area (Å²) < 4.78 is 2.20. The predicted octanol–water partition coefficient (Wildman–Crippen LogP) is 7.65. The highest BCUT2D eigenvalue weighted by molar-refractivity contribution is 5.85. The third kappa shape index (κ3) is 3.07. The lowest BCUT2D eigenvalue weighted by Gasteiger charge is -2.63. The molecule has 1 aromatic carbocycles. The number of fused-ring (bicyclic) bond motifs is 6. The Morgan fingerprint density at radius 3 is 2.62 bits per heavy atom. The second-order valence-corrected chi connectivity index (χ2v) is 12.4. The molecule has 4 saturated carbocycles. The van der Waals surface area contributed by atoms with Crippen LogP contribution < -0.4 is 0 Å². The number of rotatable bonds is 3. The highest BCUT2D eigenvalue weighted by atomic mass is 16.1. The maximum Gasteiger partial charge on any atom is 0.156 e. The van der Waals surface area contributed by atoms with E-state index in [0.29, 0.717) is 17.7 Å². The van der Waals surface area contributed by atoms with E-state index in [1.54, 1.807) is 0 Å². The van der Waals surface area contributed by atoms with Crippen LogP contribution >= 0.6 is 0 Å². The average molecular weight is 432 g/mol. The minimum Gasteiger partial charge on any atom is -0.340 e. The molecule has 4 fully saturated rings. The second kappa shape index (κ2) is 7.74. The molecule has 0 bridgehead atoms. The Morgan fingerprint density at radius 2 is 1.72 bits per heavy atom. The number of para-hydroxylation sites is 1. The first-order chi connectivity index (χ1) is 15.5. The van der Waals surface area contributed by atoms with E-state index in [2.05, 4.69) is 54.9 Å². The molecule has 0 N–H and O–H groups in total. The van der Waals surface area contributed by atoms with Crippen molar-refractivity contribution in [3.63, 3.8) is 0 Å². The number of hydrogen-bond acceptors (Lipinski definition) is 1. The van der Waals surface area contributed by atoms with Crippen molar-refractivity contribution >= 4 is 16.7 Å². The number of Topliss-reactive ketones (excluding diaryl/α,β-unsaturated/α-hetero) is 1. The lowest BCUT2D eigenvalue weighted by molar-refractivity contribution is -0.155. The maximum absolute atomic E-state index is 13.8. The molecule has 0 spiro atoms. The average Bonchev–Trinajstić information content (AvgIpc) is 3.20. The number of carbonyl (C=O) groups excluding carboxylic acids is 1. The van der Waals surface area contributed by atoms with Crippen LogP contribution in [0.25, 0.3) is 10.9 Å². The van der Waals surface area contributed by atoms with Crippen molar-refractivity contribution in [2.75, 3.05) is 0 Å². The van der Waals surface area contributed by atoms with Crippen molar-refractivity contribution in [3.8, 4) is 0 Å². The maximum atomic E-state index is 13.8. The zero-order valence-corrected chi connectivity index (χ0v) is 20.2. The Morgan fingerprint density at radius 1 is 0.875 bits per heavy atom. The van der Waals surface area contributed by atoms with Gasteiger partial charge < -0.3 is 4.57 Å². The smallest absolute Gasteiger partial charge is 0.156 e. The van der Waals surface area contributed by atoms with Gasteiger partial charge in [0.2, 0.25) is 0 Å². The van der Waals surface area contributed by atoms with Crippen LogP contribution in [0.15, 0.2) is 36.5 Å². The molecule has 2 heteroatoms. The fraction of sp³-hybridized carbons (Fsp3) is 0.700. The highest BCUT2D eigenvalue weighted by Gasteiger charge is 2.59. The zero-order valence-electron chi connectivity index (χ0n) is 20.2. The van der Waals surface area contributed by atoms with Gasteiger partial charge in [-0.2, -0.15) is 0 Å². The molecule has 4 aliphatic carbocycles. The largest absolute Gasteiger partial charge is 0.340 e. The Hall–Kier alpha value is -1.57. The number of nitrogens with zero attached hydrogens (tertiary/aromatic N) is 1. The molecule has 0 amide bonds. The van der Waals surface area contributed by atoms with Crippen LogP contribution in [0.5, 0.6) is 0 Å². The minimum atomic E-state index is 0.220. The first-order valence-corrected chi connectivity index (χ1v) is 13.6. The van der Waals surface area contributed by atoms with E-state index in [9.17, 15) is 4.79 Å². The summed E-state index contributed by atoms with van der Waals surface area (Å²) in [6.45, 7) is 5.74. The van der Waals surface area contributed by atoms with E-state index >= 15 is 0 Å².